The molecule has 0 atom stereocenters. The average molecular weight is 378 g/mol. The monoisotopic (exact) mass is 377 g/mol. The molecule has 0 saturated carbocycles. The van der Waals surface area contributed by atoms with Gasteiger partial charge in [-0.2, -0.15) is 0 Å². The Hall–Kier alpha value is -2.88. The molecule has 0 saturated heterocycles. The summed E-state index contributed by atoms with van der Waals surface area (Å²) in [5, 5.41) is 3.14. The fourth-order valence-corrected chi connectivity index (χ4v) is 3.63. The Morgan fingerprint density at radius 1 is 1.29 bits per heavy atom. The van der Waals surface area contributed by atoms with Gasteiger partial charge in [-0.1, -0.05) is 45.0 Å². The van der Waals surface area contributed by atoms with Gasteiger partial charge >= 0.3 is 0 Å². The van der Waals surface area contributed by atoms with Crippen LogP contribution in [0.4, 0.5) is 11.4 Å². The lowest BCUT2D eigenvalue weighted by Crippen LogP contribution is -2.16. The van der Waals surface area contributed by atoms with Crippen molar-refractivity contribution in [2.24, 2.45) is 10.7 Å². The van der Waals surface area contributed by atoms with Crippen molar-refractivity contribution in [3.05, 3.63) is 59.3 Å². The fraction of sp³-hybridized carbons (Fsp3) is 0.333. The molecule has 0 heterocycles. The number of nitrogens with one attached hydrogen (secondary N) is 1. The molecule has 0 aromatic heterocycles. The van der Waals surface area contributed by atoms with E-state index in [0.717, 1.165) is 59.3 Å². The molecule has 4 nitrogen and oxygen atoms in total. The third-order valence-electron chi connectivity index (χ3n) is 4.94. The molecule has 1 amide bonds. The van der Waals surface area contributed by atoms with E-state index in [4.69, 9.17) is 5.73 Å². The number of anilines is 1. The van der Waals surface area contributed by atoms with Gasteiger partial charge in [-0.3, -0.25) is 9.79 Å². The maximum absolute atomic E-state index is 12.0. The Morgan fingerprint density at radius 3 is 2.61 bits per heavy atom. The van der Waals surface area contributed by atoms with E-state index >= 15 is 0 Å². The number of amides is 1. The lowest BCUT2D eigenvalue weighted by Gasteiger charge is -2.20. The Labute approximate surface area is 168 Å². The first-order chi connectivity index (χ1) is 13.5. The van der Waals surface area contributed by atoms with Crippen molar-refractivity contribution >= 4 is 23.5 Å². The molecule has 28 heavy (non-hydrogen) atoms. The summed E-state index contributed by atoms with van der Waals surface area (Å²) in [7, 11) is 0. The number of unbranched alkanes of at least 4 members (excludes halogenated alkanes) is 1. The smallest absolute Gasteiger partial charge is 0.251 e. The summed E-state index contributed by atoms with van der Waals surface area (Å²) >= 11 is 0. The zero-order valence-corrected chi connectivity index (χ0v) is 17.4. The number of rotatable bonds is 9. The van der Waals surface area contributed by atoms with Gasteiger partial charge in [0.05, 0.1) is 16.9 Å². The number of carbonyl (C=O) groups is 1. The van der Waals surface area contributed by atoms with E-state index in [1.807, 2.05) is 26.1 Å². The van der Waals surface area contributed by atoms with Gasteiger partial charge in [0.25, 0.3) is 5.91 Å². The van der Waals surface area contributed by atoms with Crippen LogP contribution >= 0.6 is 0 Å². The summed E-state index contributed by atoms with van der Waals surface area (Å²) < 4.78 is 0. The molecule has 0 spiro atoms. The fourth-order valence-electron chi connectivity index (χ4n) is 3.63. The van der Waals surface area contributed by atoms with Gasteiger partial charge in [0.2, 0.25) is 0 Å². The molecule has 4 heteroatoms. The first-order valence-corrected chi connectivity index (χ1v) is 9.94. The first-order valence-electron chi connectivity index (χ1n) is 9.94. The van der Waals surface area contributed by atoms with E-state index < -0.39 is 5.91 Å². The molecule has 2 aromatic carbocycles. The van der Waals surface area contributed by atoms with E-state index in [0.29, 0.717) is 5.56 Å². The van der Waals surface area contributed by atoms with Crippen LogP contribution in [0.25, 0.3) is 11.1 Å². The highest BCUT2D eigenvalue weighted by molar-refractivity contribution is 6.02. The van der Waals surface area contributed by atoms with Crippen LogP contribution in [0.2, 0.25) is 0 Å². The Balaban J connectivity index is 2.71. The van der Waals surface area contributed by atoms with Crippen molar-refractivity contribution in [1.29, 1.82) is 0 Å². The zero-order valence-electron chi connectivity index (χ0n) is 17.4. The van der Waals surface area contributed by atoms with E-state index in [1.54, 1.807) is 6.20 Å². The van der Waals surface area contributed by atoms with Crippen molar-refractivity contribution in [2.75, 3.05) is 5.32 Å². The Bertz CT molecular complexity index is 897. The summed E-state index contributed by atoms with van der Waals surface area (Å²) in [4.78, 5) is 16.6. The number of primary amides is 1. The van der Waals surface area contributed by atoms with Gasteiger partial charge in [0.15, 0.2) is 0 Å². The predicted molar refractivity (Wildman–Crippen MR) is 121 cm³/mol. The van der Waals surface area contributed by atoms with Gasteiger partial charge in [-0.15, -0.1) is 0 Å². The number of benzene rings is 2. The van der Waals surface area contributed by atoms with Crippen LogP contribution in [0.15, 0.2) is 42.0 Å². The molecule has 3 N–H and O–H groups in total. The van der Waals surface area contributed by atoms with Crippen LogP contribution in [0.3, 0.4) is 0 Å². The van der Waals surface area contributed by atoms with E-state index in [2.05, 4.69) is 48.9 Å². The van der Waals surface area contributed by atoms with E-state index in [1.165, 1.54) is 5.56 Å². The van der Waals surface area contributed by atoms with Gasteiger partial charge in [-0.25, -0.2) is 0 Å². The van der Waals surface area contributed by atoms with Crippen LogP contribution in [0.1, 0.15) is 60.7 Å². The standard InChI is InChI=1S/C24H31N3O/c1-6-10-11-17-12-13-18(15-21(17)26-8-3)20-14-16(5)22(24(25)28)23(27-9-4)19(20)7-2/h8-9,12-15,27H,4,6-7,10-11H2,1-3,5H3,(H2,25,28)/b26-8-. The van der Waals surface area contributed by atoms with Gasteiger partial charge < -0.3 is 11.1 Å². The molecule has 2 rings (SSSR count). The summed E-state index contributed by atoms with van der Waals surface area (Å²) in [5.74, 6) is -0.436. The molecule has 0 unspecified atom stereocenters. The first kappa shape index (κ1) is 21.4. The van der Waals surface area contributed by atoms with Crippen LogP contribution < -0.4 is 11.1 Å². The number of hydrogen-bond acceptors (Lipinski definition) is 3. The number of hydrogen-bond donors (Lipinski definition) is 2. The summed E-state index contributed by atoms with van der Waals surface area (Å²) in [6.45, 7) is 11.9. The second-order valence-electron chi connectivity index (χ2n) is 6.87. The highest BCUT2D eigenvalue weighted by atomic mass is 16.1. The number of carbonyl (C=O) groups excluding carboxylic acids is 1. The summed E-state index contributed by atoms with van der Waals surface area (Å²) in [6, 6.07) is 8.51. The molecule has 0 aliphatic rings. The van der Waals surface area contributed by atoms with Crippen molar-refractivity contribution < 1.29 is 4.79 Å². The molecular weight excluding hydrogens is 346 g/mol. The van der Waals surface area contributed by atoms with Crippen molar-refractivity contribution in [3.8, 4) is 11.1 Å². The number of nitrogens with two attached hydrogens (primary N) is 1. The highest BCUT2D eigenvalue weighted by Gasteiger charge is 2.19. The topological polar surface area (TPSA) is 67.5 Å². The number of aryl methyl sites for hydroxylation is 2. The summed E-state index contributed by atoms with van der Waals surface area (Å²) in [6.07, 6.45) is 7.50. The normalized spacial score (nSPS) is 11.0. The molecular formula is C24H31N3O. The third-order valence-corrected chi connectivity index (χ3v) is 4.94. The minimum Gasteiger partial charge on any atom is -0.366 e. The minimum atomic E-state index is -0.436. The SMILES string of the molecule is C=CNc1c(CC)c(-c2ccc(CCCC)c(/N=C\C)c2)cc(C)c1C(N)=O. The van der Waals surface area contributed by atoms with Gasteiger partial charge in [0, 0.05) is 6.21 Å². The molecule has 0 aliphatic carbocycles. The summed E-state index contributed by atoms with van der Waals surface area (Å²) in [5.41, 5.74) is 13.3. The second-order valence-corrected chi connectivity index (χ2v) is 6.87. The van der Waals surface area contributed by atoms with Crippen LogP contribution in [-0.4, -0.2) is 12.1 Å². The van der Waals surface area contributed by atoms with Crippen LogP contribution in [0.5, 0.6) is 0 Å². The van der Waals surface area contributed by atoms with Crippen molar-refractivity contribution in [2.45, 2.75) is 53.4 Å². The molecule has 0 radical (unpaired) electrons. The maximum Gasteiger partial charge on any atom is 0.251 e. The quantitative estimate of drug-likeness (QED) is 0.531. The predicted octanol–water partition coefficient (Wildman–Crippen LogP) is 5.94. The molecule has 0 bridgehead atoms. The van der Waals surface area contributed by atoms with Crippen molar-refractivity contribution in [3.63, 3.8) is 0 Å². The van der Waals surface area contributed by atoms with Crippen LogP contribution in [-0.2, 0) is 12.8 Å². The second kappa shape index (κ2) is 9.88. The molecule has 0 aliphatic heterocycles. The van der Waals surface area contributed by atoms with Crippen molar-refractivity contribution in [1.82, 2.24) is 0 Å². The van der Waals surface area contributed by atoms with E-state index in [9.17, 15) is 4.79 Å². The van der Waals surface area contributed by atoms with Crippen LogP contribution in [0, 0.1) is 6.92 Å². The number of aliphatic imine (C=N–C) groups is 1. The number of nitrogens with zero attached hydrogens (tertiary/aromatic N) is 1. The molecule has 0 fully saturated rings. The maximum atomic E-state index is 12.0. The minimum absolute atomic E-state index is 0.436. The highest BCUT2D eigenvalue weighted by Crippen LogP contribution is 2.37. The Morgan fingerprint density at radius 2 is 2.04 bits per heavy atom. The lowest BCUT2D eigenvalue weighted by molar-refractivity contribution is 0.100. The lowest BCUT2D eigenvalue weighted by atomic mass is 9.89. The van der Waals surface area contributed by atoms with Gasteiger partial charge in [0.1, 0.15) is 0 Å². The Kier molecular flexibility index (Phi) is 7.56. The largest absolute Gasteiger partial charge is 0.366 e. The zero-order chi connectivity index (χ0) is 20.7. The van der Waals surface area contributed by atoms with Gasteiger partial charge in [-0.05, 0) is 73.2 Å². The molecule has 2 aromatic rings. The molecule has 148 valence electrons. The third kappa shape index (κ3) is 4.50. The average Bonchev–Trinajstić information content (AvgIpc) is 2.66. The van der Waals surface area contributed by atoms with E-state index in [-0.39, 0.29) is 0 Å².